The van der Waals surface area contributed by atoms with Crippen LogP contribution in [0.3, 0.4) is 0 Å². The molecule has 0 saturated heterocycles. The lowest BCUT2D eigenvalue weighted by molar-refractivity contribution is 0.0934. The third-order valence-corrected chi connectivity index (χ3v) is 4.58. The summed E-state index contributed by atoms with van der Waals surface area (Å²) < 4.78 is 26.9. The third-order valence-electron chi connectivity index (χ3n) is 3.42. The Labute approximate surface area is 125 Å². The van der Waals surface area contributed by atoms with Crippen molar-refractivity contribution < 1.29 is 13.6 Å². The van der Waals surface area contributed by atoms with Crippen molar-refractivity contribution in [3.63, 3.8) is 0 Å². The minimum absolute atomic E-state index is 0.243. The van der Waals surface area contributed by atoms with E-state index in [4.69, 9.17) is 0 Å². The molecule has 1 aliphatic rings. The molecule has 21 heavy (non-hydrogen) atoms. The number of amides is 1. The standard InChI is InChI=1S/C16H13F2NOS/c17-11-4-1-3-10(9-11)16(20)19-14-7-8-21-15-12(14)5-2-6-13(15)18/h1-6,9,14H,7-8H2,(H,19,20)/t14-/m1/s1. The largest absolute Gasteiger partial charge is 0.345 e. The Morgan fingerprint density at radius 2 is 2.00 bits per heavy atom. The maximum Gasteiger partial charge on any atom is 0.251 e. The summed E-state index contributed by atoms with van der Waals surface area (Å²) in [6, 6.07) is 10.2. The first-order valence-corrected chi connectivity index (χ1v) is 7.61. The van der Waals surface area contributed by atoms with Crippen LogP contribution in [0.1, 0.15) is 28.4 Å². The summed E-state index contributed by atoms with van der Waals surface area (Å²) in [5, 5.41) is 2.86. The molecular formula is C16H13F2NOS. The van der Waals surface area contributed by atoms with Crippen molar-refractivity contribution in [2.75, 3.05) is 5.75 Å². The molecule has 2 nitrogen and oxygen atoms in total. The second-order valence-corrected chi connectivity index (χ2v) is 5.94. The first kappa shape index (κ1) is 14.1. The molecule has 0 spiro atoms. The van der Waals surface area contributed by atoms with Crippen LogP contribution in [0.2, 0.25) is 0 Å². The van der Waals surface area contributed by atoms with Crippen LogP contribution < -0.4 is 5.32 Å². The summed E-state index contributed by atoms with van der Waals surface area (Å²) in [5.41, 5.74) is 1.06. The molecule has 0 aromatic heterocycles. The van der Waals surface area contributed by atoms with E-state index in [1.807, 2.05) is 6.07 Å². The van der Waals surface area contributed by atoms with Crippen LogP contribution in [-0.4, -0.2) is 11.7 Å². The molecule has 0 saturated carbocycles. The number of benzene rings is 2. The minimum atomic E-state index is -0.451. The Kier molecular flexibility index (Phi) is 3.92. The molecule has 1 heterocycles. The van der Waals surface area contributed by atoms with Gasteiger partial charge in [-0.15, -0.1) is 11.8 Å². The van der Waals surface area contributed by atoms with Crippen LogP contribution in [-0.2, 0) is 0 Å². The molecular weight excluding hydrogens is 292 g/mol. The molecule has 1 atom stereocenters. The monoisotopic (exact) mass is 305 g/mol. The number of thioether (sulfide) groups is 1. The quantitative estimate of drug-likeness (QED) is 0.911. The van der Waals surface area contributed by atoms with Gasteiger partial charge in [0.1, 0.15) is 11.6 Å². The lowest BCUT2D eigenvalue weighted by Crippen LogP contribution is -2.30. The van der Waals surface area contributed by atoms with Crippen LogP contribution in [0, 0.1) is 11.6 Å². The average Bonchev–Trinajstić information content (AvgIpc) is 2.48. The zero-order valence-corrected chi connectivity index (χ0v) is 11.9. The van der Waals surface area contributed by atoms with Crippen molar-refractivity contribution in [3.8, 4) is 0 Å². The Hall–Kier alpha value is -1.88. The third kappa shape index (κ3) is 2.93. The normalized spacial score (nSPS) is 17.1. The molecule has 2 aromatic carbocycles. The fourth-order valence-electron chi connectivity index (χ4n) is 2.41. The average molecular weight is 305 g/mol. The summed E-state index contributed by atoms with van der Waals surface area (Å²) in [5.74, 6) is -0.320. The predicted molar refractivity (Wildman–Crippen MR) is 78.3 cm³/mol. The number of carbonyl (C=O) groups excluding carboxylic acids is 1. The molecule has 3 rings (SSSR count). The first-order valence-electron chi connectivity index (χ1n) is 6.63. The Bertz CT molecular complexity index is 690. The Morgan fingerprint density at radius 1 is 1.19 bits per heavy atom. The molecule has 0 bridgehead atoms. The van der Waals surface area contributed by atoms with Crippen LogP contribution in [0.5, 0.6) is 0 Å². The van der Waals surface area contributed by atoms with Gasteiger partial charge in [0.15, 0.2) is 0 Å². The number of hydrogen-bond acceptors (Lipinski definition) is 2. The van der Waals surface area contributed by atoms with E-state index in [2.05, 4.69) is 5.32 Å². The van der Waals surface area contributed by atoms with Gasteiger partial charge in [-0.3, -0.25) is 4.79 Å². The number of nitrogens with one attached hydrogen (secondary N) is 1. The second-order valence-electron chi connectivity index (χ2n) is 4.83. The molecule has 1 amide bonds. The van der Waals surface area contributed by atoms with E-state index in [1.165, 1.54) is 36.0 Å². The molecule has 0 unspecified atom stereocenters. The number of halogens is 2. The van der Waals surface area contributed by atoms with Crippen molar-refractivity contribution in [3.05, 3.63) is 65.2 Å². The summed E-state index contributed by atoms with van der Waals surface area (Å²) in [6.07, 6.45) is 0.724. The van der Waals surface area contributed by atoms with Gasteiger partial charge in [-0.1, -0.05) is 18.2 Å². The Balaban J connectivity index is 1.84. The molecule has 0 radical (unpaired) electrons. The molecule has 1 aliphatic heterocycles. The molecule has 2 aromatic rings. The first-order chi connectivity index (χ1) is 10.1. The maximum atomic E-state index is 13.8. The number of rotatable bonds is 2. The number of hydrogen-bond donors (Lipinski definition) is 1. The van der Waals surface area contributed by atoms with Crippen molar-refractivity contribution in [1.29, 1.82) is 0 Å². The number of carbonyl (C=O) groups is 1. The molecule has 5 heteroatoms. The maximum absolute atomic E-state index is 13.8. The van der Waals surface area contributed by atoms with E-state index in [0.29, 0.717) is 4.90 Å². The Morgan fingerprint density at radius 3 is 2.81 bits per heavy atom. The van der Waals surface area contributed by atoms with E-state index in [9.17, 15) is 13.6 Å². The van der Waals surface area contributed by atoms with Gasteiger partial charge >= 0.3 is 0 Å². The van der Waals surface area contributed by atoms with Crippen LogP contribution in [0.4, 0.5) is 8.78 Å². The van der Waals surface area contributed by atoms with Gasteiger partial charge in [0.25, 0.3) is 5.91 Å². The van der Waals surface area contributed by atoms with Gasteiger partial charge in [-0.25, -0.2) is 8.78 Å². The van der Waals surface area contributed by atoms with E-state index >= 15 is 0 Å². The fraction of sp³-hybridized carbons (Fsp3) is 0.188. The van der Waals surface area contributed by atoms with Gasteiger partial charge < -0.3 is 5.32 Å². The van der Waals surface area contributed by atoms with Crippen LogP contribution in [0.15, 0.2) is 47.4 Å². The second kappa shape index (κ2) is 5.85. The van der Waals surface area contributed by atoms with E-state index in [0.717, 1.165) is 17.7 Å². The topological polar surface area (TPSA) is 29.1 Å². The van der Waals surface area contributed by atoms with Gasteiger partial charge in [-0.2, -0.15) is 0 Å². The van der Waals surface area contributed by atoms with Crippen molar-refractivity contribution in [2.24, 2.45) is 0 Å². The highest BCUT2D eigenvalue weighted by molar-refractivity contribution is 7.99. The van der Waals surface area contributed by atoms with Crippen molar-refractivity contribution in [1.82, 2.24) is 5.32 Å². The summed E-state index contributed by atoms with van der Waals surface area (Å²) in [7, 11) is 0. The lowest BCUT2D eigenvalue weighted by Gasteiger charge is -2.26. The summed E-state index contributed by atoms with van der Waals surface area (Å²) in [4.78, 5) is 12.8. The molecule has 0 aliphatic carbocycles. The van der Waals surface area contributed by atoms with Crippen molar-refractivity contribution >= 4 is 17.7 Å². The highest BCUT2D eigenvalue weighted by atomic mass is 32.2. The smallest absolute Gasteiger partial charge is 0.251 e. The van der Waals surface area contributed by atoms with Crippen LogP contribution >= 0.6 is 11.8 Å². The van der Waals surface area contributed by atoms with Gasteiger partial charge in [0.2, 0.25) is 0 Å². The summed E-state index contributed by atoms with van der Waals surface area (Å²) >= 11 is 1.46. The fourth-order valence-corrected chi connectivity index (χ4v) is 3.55. The van der Waals surface area contributed by atoms with E-state index in [-0.39, 0.29) is 23.3 Å². The predicted octanol–water partition coefficient (Wildman–Crippen LogP) is 3.93. The number of fused-ring (bicyclic) bond motifs is 1. The molecule has 108 valence electrons. The van der Waals surface area contributed by atoms with Crippen LogP contribution in [0.25, 0.3) is 0 Å². The SMILES string of the molecule is O=C(N[C@@H]1CCSc2c(F)cccc21)c1cccc(F)c1. The summed E-state index contributed by atoms with van der Waals surface area (Å²) in [6.45, 7) is 0. The lowest BCUT2D eigenvalue weighted by atomic mass is 10.0. The molecule has 0 fully saturated rings. The van der Waals surface area contributed by atoms with E-state index < -0.39 is 5.82 Å². The van der Waals surface area contributed by atoms with Crippen molar-refractivity contribution in [2.45, 2.75) is 17.4 Å². The zero-order valence-electron chi connectivity index (χ0n) is 11.1. The van der Waals surface area contributed by atoms with Gasteiger partial charge in [0.05, 0.1) is 6.04 Å². The zero-order chi connectivity index (χ0) is 14.8. The van der Waals surface area contributed by atoms with Gasteiger partial charge in [-0.05, 0) is 36.2 Å². The van der Waals surface area contributed by atoms with Gasteiger partial charge in [0, 0.05) is 16.2 Å². The molecule has 1 N–H and O–H groups in total. The minimum Gasteiger partial charge on any atom is -0.345 e. The highest BCUT2D eigenvalue weighted by Crippen LogP contribution is 2.37. The van der Waals surface area contributed by atoms with E-state index in [1.54, 1.807) is 12.1 Å². The highest BCUT2D eigenvalue weighted by Gasteiger charge is 2.24.